The van der Waals surface area contributed by atoms with E-state index in [0.717, 1.165) is 23.6 Å². The Labute approximate surface area is 103 Å². The molecule has 96 valence electrons. The van der Waals surface area contributed by atoms with Crippen molar-refractivity contribution in [3.8, 4) is 11.5 Å². The first-order valence-corrected chi connectivity index (χ1v) is 5.83. The minimum atomic E-state index is -0.427. The summed E-state index contributed by atoms with van der Waals surface area (Å²) in [7, 11) is 3.51. The lowest BCUT2D eigenvalue weighted by Gasteiger charge is -2.15. The molecule has 0 fully saturated rings. The number of hydrogen-bond donors (Lipinski definition) is 2. The Morgan fingerprint density at radius 1 is 1.41 bits per heavy atom. The van der Waals surface area contributed by atoms with Crippen molar-refractivity contribution in [2.24, 2.45) is 0 Å². The van der Waals surface area contributed by atoms with Crippen LogP contribution in [0.15, 0.2) is 18.2 Å². The van der Waals surface area contributed by atoms with Gasteiger partial charge in [0.15, 0.2) is 0 Å². The van der Waals surface area contributed by atoms with Crippen molar-refractivity contribution in [1.29, 1.82) is 0 Å². The van der Waals surface area contributed by atoms with E-state index in [1.165, 1.54) is 0 Å². The molecule has 0 aliphatic heterocycles. The van der Waals surface area contributed by atoms with Gasteiger partial charge in [-0.05, 0) is 19.5 Å². The van der Waals surface area contributed by atoms with Crippen molar-refractivity contribution in [2.45, 2.75) is 26.0 Å². The van der Waals surface area contributed by atoms with E-state index >= 15 is 0 Å². The number of aliphatic hydroxyl groups is 1. The third-order valence-electron chi connectivity index (χ3n) is 2.54. The van der Waals surface area contributed by atoms with Gasteiger partial charge < -0.3 is 19.9 Å². The van der Waals surface area contributed by atoms with Crippen molar-refractivity contribution in [3.05, 3.63) is 23.8 Å². The third-order valence-corrected chi connectivity index (χ3v) is 2.54. The van der Waals surface area contributed by atoms with Crippen molar-refractivity contribution >= 4 is 0 Å². The van der Waals surface area contributed by atoms with Crippen LogP contribution in [0.1, 0.15) is 18.9 Å². The van der Waals surface area contributed by atoms with Crippen molar-refractivity contribution in [3.63, 3.8) is 0 Å². The fourth-order valence-corrected chi connectivity index (χ4v) is 1.44. The topological polar surface area (TPSA) is 50.7 Å². The molecular formula is C13H21NO3. The lowest BCUT2D eigenvalue weighted by molar-refractivity contribution is 0.103. The van der Waals surface area contributed by atoms with Crippen LogP contribution in [-0.2, 0) is 6.54 Å². The molecule has 4 nitrogen and oxygen atoms in total. The lowest BCUT2D eigenvalue weighted by Crippen LogP contribution is -2.17. The molecule has 0 saturated heterocycles. The van der Waals surface area contributed by atoms with Gasteiger partial charge >= 0.3 is 0 Å². The molecule has 0 amide bonds. The number of benzene rings is 1. The van der Waals surface area contributed by atoms with Crippen LogP contribution < -0.4 is 14.8 Å². The maximum Gasteiger partial charge on any atom is 0.127 e. The molecule has 17 heavy (non-hydrogen) atoms. The van der Waals surface area contributed by atoms with E-state index in [-0.39, 0.29) is 0 Å². The van der Waals surface area contributed by atoms with E-state index in [0.29, 0.717) is 13.0 Å². The average Bonchev–Trinajstić information content (AvgIpc) is 2.37. The van der Waals surface area contributed by atoms with Gasteiger partial charge in [0.1, 0.15) is 18.1 Å². The smallest absolute Gasteiger partial charge is 0.127 e. The number of nitrogens with one attached hydrogen (secondary N) is 1. The van der Waals surface area contributed by atoms with Gasteiger partial charge in [0.2, 0.25) is 0 Å². The van der Waals surface area contributed by atoms with Crippen LogP contribution in [0.3, 0.4) is 0 Å². The summed E-state index contributed by atoms with van der Waals surface area (Å²) in [6.07, 6.45) is 0.259. The summed E-state index contributed by atoms with van der Waals surface area (Å²) in [5, 5.41) is 12.6. The van der Waals surface area contributed by atoms with E-state index < -0.39 is 6.10 Å². The van der Waals surface area contributed by atoms with Crippen LogP contribution in [0.4, 0.5) is 0 Å². The molecule has 0 radical (unpaired) electrons. The van der Waals surface area contributed by atoms with E-state index in [9.17, 15) is 5.11 Å². The first kappa shape index (κ1) is 13.8. The van der Waals surface area contributed by atoms with E-state index in [1.807, 2.05) is 32.2 Å². The molecule has 0 spiro atoms. The largest absolute Gasteiger partial charge is 0.497 e. The Morgan fingerprint density at radius 2 is 2.18 bits per heavy atom. The Hall–Kier alpha value is -1.26. The van der Waals surface area contributed by atoms with Crippen LogP contribution >= 0.6 is 0 Å². The van der Waals surface area contributed by atoms with Crippen LogP contribution in [0.2, 0.25) is 0 Å². The fourth-order valence-electron chi connectivity index (χ4n) is 1.44. The standard InChI is InChI=1S/C13H21NO3/c1-4-11(15)9-17-13-7-12(16-3)6-5-10(13)8-14-2/h5-7,11,14-15H,4,8-9H2,1-3H3. The van der Waals surface area contributed by atoms with E-state index in [1.54, 1.807) is 7.11 Å². The predicted molar refractivity (Wildman–Crippen MR) is 67.6 cm³/mol. The van der Waals surface area contributed by atoms with Gasteiger partial charge in [-0.3, -0.25) is 0 Å². The van der Waals surface area contributed by atoms with Gasteiger partial charge in [0, 0.05) is 18.2 Å². The molecule has 2 N–H and O–H groups in total. The first-order valence-electron chi connectivity index (χ1n) is 5.83. The third kappa shape index (κ3) is 4.24. The summed E-state index contributed by atoms with van der Waals surface area (Å²) in [4.78, 5) is 0. The summed E-state index contributed by atoms with van der Waals surface area (Å²) < 4.78 is 10.8. The minimum absolute atomic E-state index is 0.306. The first-order chi connectivity index (χ1) is 8.21. The average molecular weight is 239 g/mol. The maximum atomic E-state index is 9.49. The molecule has 0 bridgehead atoms. The molecule has 0 aromatic heterocycles. The van der Waals surface area contributed by atoms with E-state index in [4.69, 9.17) is 9.47 Å². The highest BCUT2D eigenvalue weighted by atomic mass is 16.5. The monoisotopic (exact) mass is 239 g/mol. The predicted octanol–water partition coefficient (Wildman–Crippen LogP) is 1.56. The second kappa shape index (κ2) is 7.14. The normalized spacial score (nSPS) is 12.2. The molecule has 1 atom stereocenters. The molecule has 1 unspecified atom stereocenters. The molecule has 4 heteroatoms. The quantitative estimate of drug-likeness (QED) is 0.758. The second-order valence-corrected chi connectivity index (χ2v) is 3.88. The van der Waals surface area contributed by atoms with Crippen molar-refractivity contribution < 1.29 is 14.6 Å². The minimum Gasteiger partial charge on any atom is -0.497 e. The van der Waals surface area contributed by atoms with Crippen LogP contribution in [0.5, 0.6) is 11.5 Å². The van der Waals surface area contributed by atoms with Gasteiger partial charge in [-0.2, -0.15) is 0 Å². The van der Waals surface area contributed by atoms with Gasteiger partial charge in [-0.25, -0.2) is 0 Å². The molecule has 1 aromatic carbocycles. The second-order valence-electron chi connectivity index (χ2n) is 3.88. The molecule has 0 saturated carbocycles. The highest BCUT2D eigenvalue weighted by molar-refractivity contribution is 5.40. The Bertz CT molecular complexity index is 341. The van der Waals surface area contributed by atoms with Gasteiger partial charge in [0.25, 0.3) is 0 Å². The van der Waals surface area contributed by atoms with Gasteiger partial charge in [-0.15, -0.1) is 0 Å². The zero-order valence-corrected chi connectivity index (χ0v) is 10.7. The van der Waals surface area contributed by atoms with Crippen LogP contribution in [-0.4, -0.2) is 32.0 Å². The fraction of sp³-hybridized carbons (Fsp3) is 0.538. The Morgan fingerprint density at radius 3 is 2.76 bits per heavy atom. The summed E-state index contributed by atoms with van der Waals surface area (Å²) in [6, 6.07) is 5.70. The number of hydrogen-bond acceptors (Lipinski definition) is 4. The Kier molecular flexibility index (Phi) is 5.80. The molecule has 0 heterocycles. The summed E-state index contributed by atoms with van der Waals surface area (Å²) in [5.41, 5.74) is 1.05. The zero-order chi connectivity index (χ0) is 12.7. The maximum absolute atomic E-state index is 9.49. The molecule has 1 rings (SSSR count). The van der Waals surface area contributed by atoms with E-state index in [2.05, 4.69) is 5.32 Å². The molecule has 0 aliphatic carbocycles. The highest BCUT2D eigenvalue weighted by Crippen LogP contribution is 2.25. The number of rotatable bonds is 7. The SMILES string of the molecule is CCC(O)COc1cc(OC)ccc1CNC. The Balaban J connectivity index is 2.77. The lowest BCUT2D eigenvalue weighted by atomic mass is 10.2. The van der Waals surface area contributed by atoms with Crippen molar-refractivity contribution in [2.75, 3.05) is 20.8 Å². The summed E-state index contributed by atoms with van der Waals surface area (Å²) >= 11 is 0. The highest BCUT2D eigenvalue weighted by Gasteiger charge is 2.08. The molecular weight excluding hydrogens is 218 g/mol. The van der Waals surface area contributed by atoms with Gasteiger partial charge in [-0.1, -0.05) is 13.0 Å². The van der Waals surface area contributed by atoms with Gasteiger partial charge in [0.05, 0.1) is 13.2 Å². The van der Waals surface area contributed by atoms with Crippen molar-refractivity contribution in [1.82, 2.24) is 5.32 Å². The number of ether oxygens (including phenoxy) is 2. The zero-order valence-electron chi connectivity index (χ0n) is 10.7. The number of aliphatic hydroxyl groups excluding tert-OH is 1. The summed E-state index contributed by atoms with van der Waals surface area (Å²) in [6.45, 7) is 2.95. The molecule has 1 aromatic rings. The number of methoxy groups -OCH3 is 1. The van der Waals surface area contributed by atoms with Crippen LogP contribution in [0.25, 0.3) is 0 Å². The molecule has 0 aliphatic rings. The van der Waals surface area contributed by atoms with Crippen LogP contribution in [0, 0.1) is 0 Å². The summed E-state index contributed by atoms with van der Waals surface area (Å²) in [5.74, 6) is 1.51.